The Hall–Kier alpha value is -3.38. The van der Waals surface area contributed by atoms with E-state index in [0.29, 0.717) is 34.5 Å². The highest BCUT2D eigenvalue weighted by molar-refractivity contribution is 5.69. The molecule has 0 aromatic heterocycles. The summed E-state index contributed by atoms with van der Waals surface area (Å²) < 4.78 is 22.7. The Morgan fingerprint density at radius 3 is 2.79 bits per heavy atom. The molecule has 144 valence electrons. The molecular formula is C22H20O6. The average molecular weight is 380 g/mol. The molecule has 0 amide bonds. The Morgan fingerprint density at radius 2 is 2.00 bits per heavy atom. The van der Waals surface area contributed by atoms with E-state index in [4.69, 9.17) is 18.9 Å². The van der Waals surface area contributed by atoms with Crippen LogP contribution in [0.1, 0.15) is 18.1 Å². The van der Waals surface area contributed by atoms with Crippen LogP contribution in [0.15, 0.2) is 54.0 Å². The smallest absolute Gasteiger partial charge is 0.170 e. The zero-order valence-electron chi connectivity index (χ0n) is 15.5. The summed E-state index contributed by atoms with van der Waals surface area (Å²) in [5.41, 5.74) is 1.60. The van der Waals surface area contributed by atoms with Gasteiger partial charge in [-0.25, -0.2) is 0 Å². The van der Waals surface area contributed by atoms with Gasteiger partial charge in [0.1, 0.15) is 30.0 Å². The molecule has 1 atom stereocenters. The van der Waals surface area contributed by atoms with E-state index in [2.05, 4.69) is 0 Å². The van der Waals surface area contributed by atoms with Crippen LogP contribution in [0.3, 0.4) is 0 Å². The van der Waals surface area contributed by atoms with Crippen molar-refractivity contribution in [1.29, 1.82) is 0 Å². The Bertz CT molecular complexity index is 1000. The first kappa shape index (κ1) is 18.0. The number of allylic oxidation sites excluding steroid dienone is 1. The van der Waals surface area contributed by atoms with Crippen LogP contribution in [0, 0.1) is 0 Å². The minimum absolute atomic E-state index is 0.00705. The van der Waals surface area contributed by atoms with Crippen molar-refractivity contribution in [2.45, 2.75) is 13.0 Å². The lowest BCUT2D eigenvalue weighted by molar-refractivity contribution is 0.146. The van der Waals surface area contributed by atoms with Gasteiger partial charge in [-0.3, -0.25) is 0 Å². The Labute approximate surface area is 162 Å². The van der Waals surface area contributed by atoms with Crippen molar-refractivity contribution in [1.82, 2.24) is 0 Å². The van der Waals surface area contributed by atoms with Crippen LogP contribution in [0.5, 0.6) is 28.7 Å². The predicted octanol–water partition coefficient (Wildman–Crippen LogP) is 3.88. The number of hydrogen-bond donors (Lipinski definition) is 2. The number of rotatable bonds is 3. The van der Waals surface area contributed by atoms with E-state index in [1.807, 2.05) is 31.2 Å². The van der Waals surface area contributed by atoms with Crippen LogP contribution in [0.2, 0.25) is 0 Å². The van der Waals surface area contributed by atoms with E-state index >= 15 is 0 Å². The highest BCUT2D eigenvalue weighted by Gasteiger charge is 2.21. The van der Waals surface area contributed by atoms with Crippen LogP contribution in [-0.4, -0.2) is 30.0 Å². The predicted molar refractivity (Wildman–Crippen MR) is 105 cm³/mol. The number of methoxy groups -OCH3 is 1. The summed E-state index contributed by atoms with van der Waals surface area (Å²) in [6.07, 6.45) is 6.50. The van der Waals surface area contributed by atoms with Gasteiger partial charge in [0.05, 0.1) is 7.11 Å². The Balaban J connectivity index is 1.66. The molecule has 2 N–H and O–H groups in total. The molecular weight excluding hydrogens is 360 g/mol. The van der Waals surface area contributed by atoms with E-state index in [-0.39, 0.29) is 12.4 Å². The normalized spacial score (nSPS) is 18.9. The largest absolute Gasteiger partial charge is 0.504 e. The summed E-state index contributed by atoms with van der Waals surface area (Å²) in [6, 6.07) is 8.67. The van der Waals surface area contributed by atoms with Gasteiger partial charge in [0.15, 0.2) is 23.0 Å². The highest BCUT2D eigenvalue weighted by Crippen LogP contribution is 2.40. The molecule has 0 radical (unpaired) electrons. The number of aliphatic hydroxyl groups is 1. The maximum Gasteiger partial charge on any atom is 0.170 e. The van der Waals surface area contributed by atoms with Crippen LogP contribution < -0.4 is 18.9 Å². The maximum absolute atomic E-state index is 9.97. The molecule has 2 aromatic rings. The van der Waals surface area contributed by atoms with E-state index in [9.17, 15) is 10.2 Å². The van der Waals surface area contributed by atoms with Gasteiger partial charge in [-0.2, -0.15) is 0 Å². The number of phenolic OH excluding ortho intramolecular Hbond substituents is 1. The van der Waals surface area contributed by atoms with Gasteiger partial charge in [-0.15, -0.1) is 0 Å². The molecule has 0 fully saturated rings. The second kappa shape index (κ2) is 7.32. The van der Waals surface area contributed by atoms with Gasteiger partial charge < -0.3 is 29.2 Å². The first-order valence-electron chi connectivity index (χ1n) is 8.85. The lowest BCUT2D eigenvalue weighted by Crippen LogP contribution is -2.13. The summed E-state index contributed by atoms with van der Waals surface area (Å²) in [6.45, 7) is 2.03. The number of ether oxygens (including phenoxy) is 4. The van der Waals surface area contributed by atoms with Gasteiger partial charge in [-0.05, 0) is 37.3 Å². The maximum atomic E-state index is 9.97. The molecule has 0 bridgehead atoms. The zero-order valence-corrected chi connectivity index (χ0v) is 15.5. The van der Waals surface area contributed by atoms with Crippen LogP contribution >= 0.6 is 0 Å². The second-order valence-corrected chi connectivity index (χ2v) is 6.36. The minimum Gasteiger partial charge on any atom is -0.504 e. The van der Waals surface area contributed by atoms with Crippen LogP contribution in [0.4, 0.5) is 0 Å². The summed E-state index contributed by atoms with van der Waals surface area (Å²) in [5.74, 6) is 3.14. The average Bonchev–Trinajstić information content (AvgIpc) is 2.88. The number of hydrogen-bond acceptors (Lipinski definition) is 6. The minimum atomic E-state index is -0.635. The van der Waals surface area contributed by atoms with E-state index in [1.165, 1.54) is 13.2 Å². The van der Waals surface area contributed by atoms with Crippen molar-refractivity contribution in [3.8, 4) is 28.7 Å². The molecule has 6 nitrogen and oxygen atoms in total. The zero-order chi connectivity index (χ0) is 19.7. The third-order valence-electron chi connectivity index (χ3n) is 4.44. The molecule has 2 heterocycles. The van der Waals surface area contributed by atoms with Crippen molar-refractivity contribution in [3.05, 3.63) is 65.1 Å². The molecule has 1 unspecified atom stereocenters. The van der Waals surface area contributed by atoms with E-state index < -0.39 is 6.10 Å². The summed E-state index contributed by atoms with van der Waals surface area (Å²) in [4.78, 5) is 0. The number of phenols is 1. The first-order chi connectivity index (χ1) is 13.6. The SMILES string of the molecule is C/C=C1/Oc2cc(O)c(OC)cc2C=C1Oc1ccc2c(c1)OCC(O)C=C2. The number of aromatic hydroxyl groups is 1. The third kappa shape index (κ3) is 3.42. The van der Waals surface area contributed by atoms with Gasteiger partial charge in [0.2, 0.25) is 0 Å². The molecule has 2 aliphatic rings. The topological polar surface area (TPSA) is 77.4 Å². The van der Waals surface area contributed by atoms with Gasteiger partial charge in [0, 0.05) is 23.3 Å². The van der Waals surface area contributed by atoms with Crippen molar-refractivity contribution in [2.75, 3.05) is 13.7 Å². The highest BCUT2D eigenvalue weighted by atomic mass is 16.5. The molecule has 2 aliphatic heterocycles. The van der Waals surface area contributed by atoms with Gasteiger partial charge in [0.25, 0.3) is 0 Å². The second-order valence-electron chi connectivity index (χ2n) is 6.36. The number of fused-ring (bicyclic) bond motifs is 2. The quantitative estimate of drug-likeness (QED) is 0.841. The van der Waals surface area contributed by atoms with Gasteiger partial charge in [-0.1, -0.05) is 12.2 Å². The molecule has 6 heteroatoms. The van der Waals surface area contributed by atoms with E-state index in [1.54, 1.807) is 24.3 Å². The Morgan fingerprint density at radius 1 is 1.14 bits per heavy atom. The first-order valence-corrected chi connectivity index (χ1v) is 8.85. The molecule has 0 spiro atoms. The number of aliphatic hydroxyl groups excluding tert-OH is 1. The third-order valence-corrected chi connectivity index (χ3v) is 4.44. The molecule has 4 rings (SSSR count). The fraction of sp³-hybridized carbons (Fsp3) is 0.182. The number of benzene rings is 2. The lowest BCUT2D eigenvalue weighted by Gasteiger charge is -2.22. The summed E-state index contributed by atoms with van der Waals surface area (Å²) in [5, 5.41) is 19.7. The standard InChI is InChI=1S/C22H20O6/c1-3-18-22(9-14-8-21(25-2)17(24)11-20(14)28-18)27-16-7-5-13-4-6-15(23)12-26-19(13)10-16/h3-11,15,23-24H,12H2,1-2H3/b18-3+. The monoisotopic (exact) mass is 380 g/mol. The Kier molecular flexibility index (Phi) is 4.71. The van der Waals surface area contributed by atoms with Gasteiger partial charge >= 0.3 is 0 Å². The molecule has 0 saturated heterocycles. The fourth-order valence-corrected chi connectivity index (χ4v) is 3.00. The van der Waals surface area contributed by atoms with E-state index in [0.717, 1.165) is 11.1 Å². The van der Waals surface area contributed by atoms with Crippen molar-refractivity contribution in [2.24, 2.45) is 0 Å². The van der Waals surface area contributed by atoms with Crippen molar-refractivity contribution < 1.29 is 29.2 Å². The lowest BCUT2D eigenvalue weighted by atomic mass is 10.1. The van der Waals surface area contributed by atoms with Crippen LogP contribution in [-0.2, 0) is 0 Å². The van der Waals surface area contributed by atoms with Crippen LogP contribution in [0.25, 0.3) is 12.2 Å². The van der Waals surface area contributed by atoms with Crippen molar-refractivity contribution in [3.63, 3.8) is 0 Å². The van der Waals surface area contributed by atoms with Crippen molar-refractivity contribution >= 4 is 12.2 Å². The molecule has 28 heavy (non-hydrogen) atoms. The molecule has 0 saturated carbocycles. The molecule has 0 aliphatic carbocycles. The summed E-state index contributed by atoms with van der Waals surface area (Å²) >= 11 is 0. The fourth-order valence-electron chi connectivity index (χ4n) is 3.00. The molecule has 2 aromatic carbocycles. The summed E-state index contributed by atoms with van der Waals surface area (Å²) in [7, 11) is 1.49.